The first-order chi connectivity index (χ1) is 18.0. The highest BCUT2D eigenvalue weighted by molar-refractivity contribution is 7.47. The second kappa shape index (κ2) is 10.1. The minimum Gasteiger partial charge on any atom is -0.394 e. The van der Waals surface area contributed by atoms with Gasteiger partial charge >= 0.3 is 13.5 Å². The van der Waals surface area contributed by atoms with E-state index in [-0.39, 0.29) is 35.9 Å². The third kappa shape index (κ3) is 5.18. The van der Waals surface area contributed by atoms with E-state index in [9.17, 15) is 29.3 Å². The second-order valence-electron chi connectivity index (χ2n) is 8.57. The zero-order valence-electron chi connectivity index (χ0n) is 19.4. The molecule has 2 saturated heterocycles. The molecular formula is C18H24N9O10P. The molecule has 0 saturated carbocycles. The third-order valence-corrected chi connectivity index (χ3v) is 7.06. The van der Waals surface area contributed by atoms with Gasteiger partial charge in [0.1, 0.15) is 37.1 Å². The Balaban J connectivity index is 1.22. The van der Waals surface area contributed by atoms with Crippen LogP contribution in [0.15, 0.2) is 22.2 Å². The monoisotopic (exact) mass is 557 g/mol. The highest BCUT2D eigenvalue weighted by Crippen LogP contribution is 2.49. The van der Waals surface area contributed by atoms with Crippen LogP contribution in [0.2, 0.25) is 0 Å². The lowest BCUT2D eigenvalue weighted by molar-refractivity contribution is -0.0565. The molecule has 20 heteroatoms. The summed E-state index contributed by atoms with van der Waals surface area (Å²) in [7, 11) is -4.76. The maximum atomic E-state index is 12.7. The van der Waals surface area contributed by atoms with Crippen molar-refractivity contribution in [3.05, 3.63) is 33.5 Å². The van der Waals surface area contributed by atoms with Crippen LogP contribution in [0.25, 0.3) is 11.2 Å². The van der Waals surface area contributed by atoms with Crippen molar-refractivity contribution in [2.45, 2.75) is 49.7 Å². The normalized spacial score (nSPS) is 29.1. The van der Waals surface area contributed by atoms with E-state index in [0.717, 1.165) is 10.9 Å². The van der Waals surface area contributed by atoms with Crippen molar-refractivity contribution in [3.63, 3.8) is 0 Å². The van der Waals surface area contributed by atoms with Gasteiger partial charge in [0.05, 0.1) is 25.6 Å². The molecule has 0 radical (unpaired) electrons. The molecule has 7 atom stereocenters. The van der Waals surface area contributed by atoms with Crippen molar-refractivity contribution in [2.75, 3.05) is 24.7 Å². The minimum atomic E-state index is -4.76. The molecule has 5 rings (SSSR count). The maximum Gasteiger partial charge on any atom is 0.472 e. The van der Waals surface area contributed by atoms with Crippen molar-refractivity contribution in [1.82, 2.24) is 34.1 Å². The topological polar surface area (TPSA) is 278 Å². The Morgan fingerprint density at radius 3 is 2.55 bits per heavy atom. The van der Waals surface area contributed by atoms with Gasteiger partial charge in [-0.1, -0.05) is 0 Å². The van der Waals surface area contributed by atoms with E-state index in [4.69, 9.17) is 30.0 Å². The van der Waals surface area contributed by atoms with E-state index < -0.39 is 69.2 Å². The van der Waals surface area contributed by atoms with Crippen LogP contribution in [0.5, 0.6) is 0 Å². The molecule has 0 aromatic carbocycles. The number of aromatic amines is 1. The van der Waals surface area contributed by atoms with Gasteiger partial charge in [0.25, 0.3) is 5.56 Å². The number of ether oxygens (including phenoxy) is 2. The molecule has 206 valence electrons. The van der Waals surface area contributed by atoms with Gasteiger partial charge in [-0.25, -0.2) is 19.3 Å². The first-order valence-corrected chi connectivity index (χ1v) is 12.7. The van der Waals surface area contributed by atoms with Gasteiger partial charge in [-0.05, 0) is 0 Å². The number of aliphatic hydroxyl groups is 2. The van der Waals surface area contributed by atoms with E-state index >= 15 is 0 Å². The number of anilines is 2. The van der Waals surface area contributed by atoms with Gasteiger partial charge in [-0.15, -0.1) is 0 Å². The fourth-order valence-corrected chi connectivity index (χ4v) is 5.22. The number of aliphatic hydroxyl groups excluding tert-OH is 2. The summed E-state index contributed by atoms with van der Waals surface area (Å²) in [4.78, 5) is 51.9. The fraction of sp³-hybridized carbons (Fsp3) is 0.556. The van der Waals surface area contributed by atoms with Gasteiger partial charge in [-0.2, -0.15) is 9.97 Å². The average molecular weight is 557 g/mol. The predicted molar refractivity (Wildman–Crippen MR) is 124 cm³/mol. The van der Waals surface area contributed by atoms with Gasteiger partial charge in [-0.3, -0.25) is 28.0 Å². The zero-order chi connectivity index (χ0) is 27.2. The van der Waals surface area contributed by atoms with E-state index in [0.29, 0.717) is 0 Å². The number of fused-ring (bicyclic) bond motifs is 1. The highest BCUT2D eigenvalue weighted by Gasteiger charge is 2.43. The molecule has 2 aliphatic heterocycles. The summed E-state index contributed by atoms with van der Waals surface area (Å²) >= 11 is 0. The number of nitrogens with one attached hydrogen (secondary N) is 1. The molecular weight excluding hydrogens is 533 g/mol. The number of aromatic nitrogens is 7. The SMILES string of the molecule is Nc1ncn([C@H]2C[C@H](OP(=O)(O)OC[C@@H]3O[C@@H](n4cnc5c(=O)[nH]c(N)nc54)C[C@H]3O)[C@@H](CO)O2)c(=O)n1. The molecule has 3 aromatic heterocycles. The molecule has 0 aliphatic carbocycles. The Kier molecular flexibility index (Phi) is 7.01. The second-order valence-corrected chi connectivity index (χ2v) is 9.97. The highest BCUT2D eigenvalue weighted by atomic mass is 31.2. The molecule has 5 heterocycles. The lowest BCUT2D eigenvalue weighted by atomic mass is 10.2. The van der Waals surface area contributed by atoms with E-state index in [1.54, 1.807) is 0 Å². The van der Waals surface area contributed by atoms with Crippen molar-refractivity contribution in [3.8, 4) is 0 Å². The summed E-state index contributed by atoms with van der Waals surface area (Å²) in [6, 6.07) is 0. The Hall–Kier alpha value is -3.29. The number of nitrogens with zero attached hydrogens (tertiary/aromatic N) is 6. The number of nitrogen functional groups attached to an aromatic ring is 2. The number of hydrogen-bond donors (Lipinski definition) is 6. The third-order valence-electron chi connectivity index (χ3n) is 6.05. The maximum absolute atomic E-state index is 12.7. The molecule has 3 aromatic rings. The molecule has 2 fully saturated rings. The largest absolute Gasteiger partial charge is 0.472 e. The number of phosphoric acid groups is 1. The van der Waals surface area contributed by atoms with Gasteiger partial charge in [0, 0.05) is 12.8 Å². The van der Waals surface area contributed by atoms with Crippen LogP contribution in [-0.2, 0) is 23.1 Å². The number of hydrogen-bond acceptors (Lipinski definition) is 15. The Morgan fingerprint density at radius 2 is 1.82 bits per heavy atom. The van der Waals surface area contributed by atoms with Gasteiger partial charge in [0.2, 0.25) is 11.9 Å². The zero-order valence-corrected chi connectivity index (χ0v) is 20.3. The average Bonchev–Trinajstić information content (AvgIpc) is 3.54. The summed E-state index contributed by atoms with van der Waals surface area (Å²) in [6.07, 6.45) is -3.86. The summed E-state index contributed by atoms with van der Waals surface area (Å²) in [5.41, 5.74) is 9.82. The lowest BCUT2D eigenvalue weighted by Gasteiger charge is -2.21. The summed E-state index contributed by atoms with van der Waals surface area (Å²) in [6.45, 7) is -1.13. The van der Waals surface area contributed by atoms with Crippen molar-refractivity contribution < 1.29 is 38.2 Å². The molecule has 2 aliphatic rings. The van der Waals surface area contributed by atoms with E-state index in [1.165, 1.54) is 10.9 Å². The van der Waals surface area contributed by atoms with Crippen LogP contribution in [0.4, 0.5) is 11.9 Å². The molecule has 8 N–H and O–H groups in total. The Labute approximate surface area is 211 Å². The Morgan fingerprint density at radius 1 is 1.11 bits per heavy atom. The van der Waals surface area contributed by atoms with Gasteiger partial charge < -0.3 is 36.0 Å². The molecule has 0 spiro atoms. The smallest absolute Gasteiger partial charge is 0.394 e. The Bertz CT molecular complexity index is 1490. The summed E-state index contributed by atoms with van der Waals surface area (Å²) in [5.74, 6) is -0.369. The quantitative estimate of drug-likeness (QED) is 0.154. The van der Waals surface area contributed by atoms with Crippen molar-refractivity contribution in [1.29, 1.82) is 0 Å². The van der Waals surface area contributed by atoms with E-state index in [2.05, 4.69) is 24.9 Å². The van der Waals surface area contributed by atoms with Crippen molar-refractivity contribution >= 4 is 30.9 Å². The lowest BCUT2D eigenvalue weighted by Crippen LogP contribution is -2.29. The molecule has 0 amide bonds. The molecule has 38 heavy (non-hydrogen) atoms. The molecule has 1 unspecified atom stereocenters. The van der Waals surface area contributed by atoms with Crippen LogP contribution < -0.4 is 22.7 Å². The number of imidazole rings is 1. The predicted octanol–water partition coefficient (Wildman–Crippen LogP) is -2.63. The van der Waals surface area contributed by atoms with Crippen LogP contribution in [0.3, 0.4) is 0 Å². The van der Waals surface area contributed by atoms with Crippen LogP contribution in [0.1, 0.15) is 25.3 Å². The molecule has 19 nitrogen and oxygen atoms in total. The number of rotatable bonds is 8. The fourth-order valence-electron chi connectivity index (χ4n) is 4.26. The van der Waals surface area contributed by atoms with Crippen LogP contribution >= 0.6 is 7.82 Å². The first kappa shape index (κ1) is 26.3. The first-order valence-electron chi connectivity index (χ1n) is 11.2. The number of H-pyrrole nitrogens is 1. The number of nitrogens with two attached hydrogens (primary N) is 2. The number of phosphoric ester groups is 1. The van der Waals surface area contributed by atoms with Crippen LogP contribution in [-0.4, -0.2) is 86.8 Å². The van der Waals surface area contributed by atoms with E-state index in [1.807, 2.05) is 0 Å². The standard InChI is InChI=1S/C18H24N9O10P/c19-16-22-6-27(18(31)25-16)12-2-8(9(3-28)35-12)37-38(32,33)34-4-10-7(29)1-11(36-10)26-5-21-13-14(26)23-17(20)24-15(13)30/h5-12,28-29H,1-4H2,(H,32,33)(H2,19,25,31)(H3,20,23,24,30)/t7-,8+,9-,10+,11-,12-/m1/s1. The van der Waals surface area contributed by atoms with Gasteiger partial charge in [0.15, 0.2) is 11.2 Å². The molecule has 0 bridgehead atoms. The summed E-state index contributed by atoms with van der Waals surface area (Å²) in [5, 5.41) is 20.1. The minimum absolute atomic E-state index is 0.0218. The van der Waals surface area contributed by atoms with Crippen LogP contribution in [0, 0.1) is 0 Å². The van der Waals surface area contributed by atoms with Crippen molar-refractivity contribution in [2.24, 2.45) is 0 Å². The summed E-state index contributed by atoms with van der Waals surface area (Å²) < 4.78 is 36.6.